The van der Waals surface area contributed by atoms with E-state index in [0.29, 0.717) is 24.7 Å². The van der Waals surface area contributed by atoms with Crippen molar-refractivity contribution in [2.75, 3.05) is 0 Å². The summed E-state index contributed by atoms with van der Waals surface area (Å²) in [5.74, 6) is 1.56. The summed E-state index contributed by atoms with van der Waals surface area (Å²) in [5.41, 5.74) is 3.09. The first-order valence-electron chi connectivity index (χ1n) is 11.3. The molecule has 0 amide bonds. The van der Waals surface area contributed by atoms with Gasteiger partial charge in [0.05, 0.1) is 0 Å². The average Bonchev–Trinajstić information content (AvgIpc) is 2.85. The molecule has 32 heavy (non-hydrogen) atoms. The van der Waals surface area contributed by atoms with Crippen molar-refractivity contribution < 1.29 is 14.3 Å². The zero-order valence-corrected chi connectivity index (χ0v) is 19.0. The Kier molecular flexibility index (Phi) is 9.12. The number of hydrogen-bond donors (Lipinski definition) is 0. The standard InChI is InChI=1S/C29H32O3/c1-3-4-11-23(2)27(30)18-16-24-17-19-28(31-21-25-12-7-5-8-13-25)29(20-24)32-22-26-14-9-6-10-15-26/h5-10,12-20,23H,3-4,11,21-22H2,1-2H3. The van der Waals surface area contributed by atoms with Crippen molar-refractivity contribution >= 4 is 11.9 Å². The highest BCUT2D eigenvalue weighted by Gasteiger charge is 2.10. The third-order valence-electron chi connectivity index (χ3n) is 5.36. The topological polar surface area (TPSA) is 35.5 Å². The summed E-state index contributed by atoms with van der Waals surface area (Å²) in [6.45, 7) is 5.05. The molecule has 166 valence electrons. The smallest absolute Gasteiger partial charge is 0.162 e. The van der Waals surface area contributed by atoms with E-state index >= 15 is 0 Å². The molecule has 0 aliphatic heterocycles. The predicted octanol–water partition coefficient (Wildman–Crippen LogP) is 7.25. The third-order valence-corrected chi connectivity index (χ3v) is 5.36. The molecular formula is C29H32O3. The second-order valence-electron chi connectivity index (χ2n) is 8.03. The van der Waals surface area contributed by atoms with Crippen molar-refractivity contribution in [3.05, 3.63) is 102 Å². The first-order chi connectivity index (χ1) is 15.7. The van der Waals surface area contributed by atoms with Crippen LogP contribution in [0.1, 0.15) is 49.8 Å². The highest BCUT2D eigenvalue weighted by atomic mass is 16.5. The largest absolute Gasteiger partial charge is 0.485 e. The van der Waals surface area contributed by atoms with E-state index in [-0.39, 0.29) is 11.7 Å². The lowest BCUT2D eigenvalue weighted by Gasteiger charge is -2.14. The van der Waals surface area contributed by atoms with Crippen molar-refractivity contribution in [1.29, 1.82) is 0 Å². The molecule has 0 saturated heterocycles. The van der Waals surface area contributed by atoms with Crippen LogP contribution in [-0.2, 0) is 18.0 Å². The highest BCUT2D eigenvalue weighted by molar-refractivity contribution is 5.95. The summed E-state index contributed by atoms with van der Waals surface area (Å²) < 4.78 is 12.2. The Hall–Kier alpha value is -3.33. The van der Waals surface area contributed by atoms with E-state index in [1.54, 1.807) is 6.08 Å². The van der Waals surface area contributed by atoms with E-state index in [2.05, 4.69) is 6.92 Å². The Balaban J connectivity index is 1.73. The number of ketones is 1. The molecule has 0 spiro atoms. The van der Waals surface area contributed by atoms with Crippen LogP contribution >= 0.6 is 0 Å². The molecule has 3 aromatic carbocycles. The van der Waals surface area contributed by atoms with Crippen LogP contribution in [0, 0.1) is 5.92 Å². The van der Waals surface area contributed by atoms with E-state index in [1.807, 2.05) is 91.9 Å². The van der Waals surface area contributed by atoms with Gasteiger partial charge in [0.2, 0.25) is 0 Å². The summed E-state index contributed by atoms with van der Waals surface area (Å²) in [6.07, 6.45) is 6.65. The van der Waals surface area contributed by atoms with E-state index in [4.69, 9.17) is 9.47 Å². The summed E-state index contributed by atoms with van der Waals surface area (Å²) in [7, 11) is 0. The van der Waals surface area contributed by atoms with Gasteiger partial charge in [0.25, 0.3) is 0 Å². The number of carbonyl (C=O) groups excluding carboxylic acids is 1. The van der Waals surface area contributed by atoms with Crippen molar-refractivity contribution in [2.24, 2.45) is 5.92 Å². The van der Waals surface area contributed by atoms with E-state index in [1.165, 1.54) is 0 Å². The minimum Gasteiger partial charge on any atom is -0.485 e. The van der Waals surface area contributed by atoms with Gasteiger partial charge in [0.1, 0.15) is 13.2 Å². The van der Waals surface area contributed by atoms with Gasteiger partial charge in [-0.2, -0.15) is 0 Å². The molecule has 1 unspecified atom stereocenters. The summed E-state index contributed by atoms with van der Waals surface area (Å²) >= 11 is 0. The second-order valence-corrected chi connectivity index (χ2v) is 8.03. The molecule has 3 rings (SSSR count). The second kappa shape index (κ2) is 12.5. The Labute approximate surface area is 191 Å². The molecule has 0 aromatic heterocycles. The quantitative estimate of drug-likeness (QED) is 0.285. The molecule has 3 nitrogen and oxygen atoms in total. The van der Waals surface area contributed by atoms with Crippen LogP contribution in [0.25, 0.3) is 6.08 Å². The summed E-state index contributed by atoms with van der Waals surface area (Å²) in [6, 6.07) is 25.9. The zero-order chi connectivity index (χ0) is 22.6. The fourth-order valence-electron chi connectivity index (χ4n) is 3.33. The Morgan fingerprint density at radius 3 is 2.03 bits per heavy atom. The fourth-order valence-corrected chi connectivity index (χ4v) is 3.33. The van der Waals surface area contributed by atoms with E-state index in [9.17, 15) is 4.79 Å². The van der Waals surface area contributed by atoms with Crippen LogP contribution in [0.4, 0.5) is 0 Å². The van der Waals surface area contributed by atoms with Crippen molar-refractivity contribution in [2.45, 2.75) is 46.3 Å². The van der Waals surface area contributed by atoms with Crippen LogP contribution < -0.4 is 9.47 Å². The zero-order valence-electron chi connectivity index (χ0n) is 19.0. The molecule has 0 radical (unpaired) electrons. The van der Waals surface area contributed by atoms with Gasteiger partial charge < -0.3 is 9.47 Å². The molecule has 0 aliphatic rings. The Morgan fingerprint density at radius 2 is 1.44 bits per heavy atom. The number of allylic oxidation sites excluding steroid dienone is 1. The van der Waals surface area contributed by atoms with Gasteiger partial charge in [-0.25, -0.2) is 0 Å². The molecule has 3 heteroatoms. The molecule has 0 heterocycles. The van der Waals surface area contributed by atoms with Gasteiger partial charge in [-0.05, 0) is 41.3 Å². The molecule has 0 bridgehead atoms. The minimum atomic E-state index is 0.0495. The maximum atomic E-state index is 12.4. The number of ether oxygens (including phenoxy) is 2. The average molecular weight is 429 g/mol. The molecule has 1 atom stereocenters. The molecule has 0 N–H and O–H groups in total. The highest BCUT2D eigenvalue weighted by Crippen LogP contribution is 2.30. The number of rotatable bonds is 12. The van der Waals surface area contributed by atoms with Crippen LogP contribution in [-0.4, -0.2) is 5.78 Å². The maximum Gasteiger partial charge on any atom is 0.162 e. The molecule has 3 aromatic rings. The lowest BCUT2D eigenvalue weighted by atomic mass is 9.99. The third kappa shape index (κ3) is 7.42. The normalized spacial score (nSPS) is 11.9. The summed E-state index contributed by atoms with van der Waals surface area (Å²) in [5, 5.41) is 0. The SMILES string of the molecule is CCCCC(C)C(=O)C=Cc1ccc(OCc2ccccc2)c(OCc2ccccc2)c1. The van der Waals surface area contributed by atoms with Gasteiger partial charge in [-0.15, -0.1) is 0 Å². The molecule has 0 saturated carbocycles. The molecular weight excluding hydrogens is 396 g/mol. The van der Waals surface area contributed by atoms with Crippen molar-refractivity contribution in [3.8, 4) is 11.5 Å². The van der Waals surface area contributed by atoms with Gasteiger partial charge in [0.15, 0.2) is 17.3 Å². The molecule has 0 aliphatic carbocycles. The lowest BCUT2D eigenvalue weighted by molar-refractivity contribution is -0.117. The van der Waals surface area contributed by atoms with E-state index in [0.717, 1.165) is 36.0 Å². The van der Waals surface area contributed by atoms with Crippen LogP contribution in [0.2, 0.25) is 0 Å². The maximum absolute atomic E-state index is 12.4. The fraction of sp³-hybridized carbons (Fsp3) is 0.276. The van der Waals surface area contributed by atoms with Crippen LogP contribution in [0.3, 0.4) is 0 Å². The minimum absolute atomic E-state index is 0.0495. The Bertz CT molecular complexity index is 993. The van der Waals surface area contributed by atoms with Crippen molar-refractivity contribution in [1.82, 2.24) is 0 Å². The van der Waals surface area contributed by atoms with Crippen LogP contribution in [0.15, 0.2) is 84.9 Å². The van der Waals surface area contributed by atoms with Crippen molar-refractivity contribution in [3.63, 3.8) is 0 Å². The van der Waals surface area contributed by atoms with Gasteiger partial charge in [0, 0.05) is 5.92 Å². The van der Waals surface area contributed by atoms with Gasteiger partial charge in [-0.3, -0.25) is 4.79 Å². The lowest BCUT2D eigenvalue weighted by Crippen LogP contribution is -2.07. The number of benzene rings is 3. The Morgan fingerprint density at radius 1 is 0.844 bits per heavy atom. The summed E-state index contributed by atoms with van der Waals surface area (Å²) in [4.78, 5) is 12.4. The predicted molar refractivity (Wildman–Crippen MR) is 131 cm³/mol. The number of carbonyl (C=O) groups is 1. The van der Waals surface area contributed by atoms with Gasteiger partial charge in [-0.1, -0.05) is 99.5 Å². The molecule has 0 fully saturated rings. The van der Waals surface area contributed by atoms with Gasteiger partial charge >= 0.3 is 0 Å². The number of hydrogen-bond acceptors (Lipinski definition) is 3. The van der Waals surface area contributed by atoms with Crippen LogP contribution in [0.5, 0.6) is 11.5 Å². The first-order valence-corrected chi connectivity index (χ1v) is 11.3. The monoisotopic (exact) mass is 428 g/mol. The first kappa shape index (κ1) is 23.3. The van der Waals surface area contributed by atoms with E-state index < -0.39 is 0 Å². The number of unbranched alkanes of at least 4 members (excludes halogenated alkanes) is 1.